The fourth-order valence-corrected chi connectivity index (χ4v) is 1.20. The van der Waals surface area contributed by atoms with Crippen molar-refractivity contribution in [1.29, 1.82) is 0 Å². The minimum Gasteiger partial charge on any atom is -0.365 e. The first kappa shape index (κ1) is 8.59. The number of carbonyl (C=O) groups excluding carboxylic acids is 1. The number of rotatable bonds is 3. The summed E-state index contributed by atoms with van der Waals surface area (Å²) >= 11 is 0. The van der Waals surface area contributed by atoms with Gasteiger partial charge in [0.05, 0.1) is 6.10 Å². The quantitative estimate of drug-likeness (QED) is 0.623. The maximum absolute atomic E-state index is 10.5. The Morgan fingerprint density at radius 3 is 3.00 bits per heavy atom. The van der Waals surface area contributed by atoms with Gasteiger partial charge in [-0.15, -0.1) is 0 Å². The number of ether oxygens (including phenoxy) is 1. The molecule has 0 aromatic rings. The summed E-state index contributed by atoms with van der Waals surface area (Å²) in [7, 11) is 0. The molecule has 1 aliphatic heterocycles. The predicted molar refractivity (Wildman–Crippen MR) is 48.5 cm³/mol. The molecule has 0 spiro atoms. The van der Waals surface area contributed by atoms with E-state index in [1.807, 2.05) is 0 Å². The Bertz CT molecular complexity index is 269. The van der Waals surface area contributed by atoms with Crippen molar-refractivity contribution in [3.05, 3.63) is 11.6 Å². The van der Waals surface area contributed by atoms with Crippen LogP contribution < -0.4 is 5.73 Å². The lowest BCUT2D eigenvalue weighted by atomic mass is 10.1. The van der Waals surface area contributed by atoms with E-state index in [0.717, 1.165) is 19.1 Å². The zero-order valence-electron chi connectivity index (χ0n) is 7.22. The number of dihydropyridines is 1. The lowest BCUT2D eigenvalue weighted by Crippen LogP contribution is -2.29. The first-order valence-electron chi connectivity index (χ1n) is 4.41. The van der Waals surface area contributed by atoms with Gasteiger partial charge < -0.3 is 10.5 Å². The second-order valence-corrected chi connectivity index (χ2v) is 3.33. The van der Waals surface area contributed by atoms with Gasteiger partial charge in [0, 0.05) is 11.8 Å². The smallest absolute Gasteiger partial charge is 0.149 e. The van der Waals surface area contributed by atoms with E-state index in [-0.39, 0.29) is 6.10 Å². The highest BCUT2D eigenvalue weighted by molar-refractivity contribution is 5.81. The van der Waals surface area contributed by atoms with Crippen LogP contribution in [0.1, 0.15) is 12.8 Å². The molecule has 70 valence electrons. The van der Waals surface area contributed by atoms with Crippen molar-refractivity contribution in [3.8, 4) is 0 Å². The molecule has 2 N–H and O–H groups in total. The molecule has 2 aliphatic rings. The molecule has 4 heteroatoms. The van der Waals surface area contributed by atoms with Gasteiger partial charge in [0.25, 0.3) is 0 Å². The lowest BCUT2D eigenvalue weighted by Gasteiger charge is -2.17. The number of aldehydes is 1. The average Bonchev–Trinajstić information content (AvgIpc) is 2.92. The van der Waals surface area contributed by atoms with Crippen LogP contribution in [0.15, 0.2) is 16.6 Å². The third kappa shape index (κ3) is 2.02. The summed E-state index contributed by atoms with van der Waals surface area (Å²) in [4.78, 5) is 14.5. The zero-order valence-corrected chi connectivity index (χ0v) is 7.22. The van der Waals surface area contributed by atoms with Crippen LogP contribution in [-0.2, 0) is 9.53 Å². The van der Waals surface area contributed by atoms with Gasteiger partial charge in [-0.1, -0.05) is 0 Å². The topological polar surface area (TPSA) is 64.7 Å². The summed E-state index contributed by atoms with van der Waals surface area (Å²) in [5.74, 6) is 0. The molecule has 0 saturated heterocycles. The van der Waals surface area contributed by atoms with Crippen molar-refractivity contribution in [3.63, 3.8) is 0 Å². The van der Waals surface area contributed by atoms with Gasteiger partial charge in [0.15, 0.2) is 0 Å². The first-order chi connectivity index (χ1) is 6.29. The molecule has 4 nitrogen and oxygen atoms in total. The zero-order chi connectivity index (χ0) is 9.26. The summed E-state index contributed by atoms with van der Waals surface area (Å²) < 4.78 is 5.54. The Labute approximate surface area is 76.5 Å². The Morgan fingerprint density at radius 1 is 1.62 bits per heavy atom. The normalized spacial score (nSPS) is 32.8. The molecule has 0 aromatic heterocycles. The van der Waals surface area contributed by atoms with Crippen molar-refractivity contribution >= 4 is 12.5 Å². The van der Waals surface area contributed by atoms with E-state index in [0.29, 0.717) is 11.7 Å². The molecule has 1 saturated carbocycles. The van der Waals surface area contributed by atoms with Crippen LogP contribution in [0.4, 0.5) is 0 Å². The molecule has 0 aromatic carbocycles. The Kier molecular flexibility index (Phi) is 2.24. The summed E-state index contributed by atoms with van der Waals surface area (Å²) in [6.45, 7) is 0. The van der Waals surface area contributed by atoms with Crippen LogP contribution >= 0.6 is 0 Å². The van der Waals surface area contributed by atoms with E-state index < -0.39 is 6.17 Å². The van der Waals surface area contributed by atoms with Crippen molar-refractivity contribution in [2.45, 2.75) is 31.2 Å². The maximum atomic E-state index is 10.5. The van der Waals surface area contributed by atoms with Crippen LogP contribution in [0.3, 0.4) is 0 Å². The van der Waals surface area contributed by atoms with Gasteiger partial charge in [-0.25, -0.2) is 0 Å². The minimum absolute atomic E-state index is 0.160. The first-order valence-corrected chi connectivity index (χ1v) is 4.41. The monoisotopic (exact) mass is 180 g/mol. The molecular weight excluding hydrogens is 168 g/mol. The van der Waals surface area contributed by atoms with Gasteiger partial charge in [-0.05, 0) is 18.9 Å². The molecule has 0 amide bonds. The van der Waals surface area contributed by atoms with Crippen molar-refractivity contribution < 1.29 is 9.53 Å². The third-order valence-corrected chi connectivity index (χ3v) is 2.10. The van der Waals surface area contributed by atoms with E-state index in [1.165, 1.54) is 0 Å². The molecular formula is C9H12N2O2. The Morgan fingerprint density at radius 2 is 2.38 bits per heavy atom. The van der Waals surface area contributed by atoms with Gasteiger partial charge in [0.2, 0.25) is 0 Å². The highest BCUT2D eigenvalue weighted by Crippen LogP contribution is 2.25. The molecule has 1 fully saturated rings. The number of aliphatic imine (C=N–C) groups is 1. The van der Waals surface area contributed by atoms with E-state index in [2.05, 4.69) is 4.99 Å². The number of carbonyl (C=O) groups is 1. The molecule has 2 unspecified atom stereocenters. The maximum Gasteiger partial charge on any atom is 0.149 e. The van der Waals surface area contributed by atoms with Gasteiger partial charge >= 0.3 is 0 Å². The summed E-state index contributed by atoms with van der Waals surface area (Å²) in [5, 5.41) is 0. The number of nitrogens with two attached hydrogens (primary N) is 1. The number of hydrogen-bond donors (Lipinski definition) is 1. The van der Waals surface area contributed by atoms with Crippen LogP contribution in [0, 0.1) is 0 Å². The average molecular weight is 180 g/mol. The molecule has 1 heterocycles. The van der Waals surface area contributed by atoms with E-state index in [4.69, 9.17) is 10.5 Å². The van der Waals surface area contributed by atoms with Crippen molar-refractivity contribution in [2.75, 3.05) is 0 Å². The molecule has 13 heavy (non-hydrogen) atoms. The van der Waals surface area contributed by atoms with Crippen LogP contribution in [-0.4, -0.2) is 30.9 Å². The second-order valence-electron chi connectivity index (χ2n) is 3.33. The van der Waals surface area contributed by atoms with Crippen LogP contribution in [0.5, 0.6) is 0 Å². The molecule has 2 rings (SSSR count). The SMILES string of the molecule is NC1N=CC(OC2CC2)C=C1C=O. The Hall–Kier alpha value is -1.00. The molecule has 0 bridgehead atoms. The highest BCUT2D eigenvalue weighted by Gasteiger charge is 2.26. The van der Waals surface area contributed by atoms with E-state index in [9.17, 15) is 4.79 Å². The van der Waals surface area contributed by atoms with Gasteiger partial charge in [0.1, 0.15) is 18.6 Å². The van der Waals surface area contributed by atoms with E-state index in [1.54, 1.807) is 12.3 Å². The highest BCUT2D eigenvalue weighted by atomic mass is 16.5. The fraction of sp³-hybridized carbons (Fsp3) is 0.556. The molecule has 1 aliphatic carbocycles. The standard InChI is InChI=1S/C9H12N2O2/c10-9-6(5-12)3-8(4-11-9)13-7-1-2-7/h3-5,7-9H,1-2,10H2. The molecule has 2 atom stereocenters. The van der Waals surface area contributed by atoms with Crippen molar-refractivity contribution in [1.82, 2.24) is 0 Å². The lowest BCUT2D eigenvalue weighted by molar-refractivity contribution is -0.105. The Balaban J connectivity index is 2.00. The van der Waals surface area contributed by atoms with Crippen LogP contribution in [0.25, 0.3) is 0 Å². The minimum atomic E-state index is -0.503. The van der Waals surface area contributed by atoms with E-state index >= 15 is 0 Å². The van der Waals surface area contributed by atoms with Crippen molar-refractivity contribution in [2.24, 2.45) is 10.7 Å². The van der Waals surface area contributed by atoms with Gasteiger partial charge in [-0.2, -0.15) is 0 Å². The summed E-state index contributed by atoms with van der Waals surface area (Å²) in [5.41, 5.74) is 6.05. The van der Waals surface area contributed by atoms with Crippen LogP contribution in [0.2, 0.25) is 0 Å². The number of nitrogens with zero attached hydrogens (tertiary/aromatic N) is 1. The molecule has 0 radical (unpaired) electrons. The fourth-order valence-electron chi connectivity index (χ4n) is 1.20. The third-order valence-electron chi connectivity index (χ3n) is 2.10. The summed E-state index contributed by atoms with van der Waals surface area (Å²) in [6, 6.07) is 0. The largest absolute Gasteiger partial charge is 0.365 e. The van der Waals surface area contributed by atoms with Gasteiger partial charge in [-0.3, -0.25) is 9.79 Å². The number of hydrogen-bond acceptors (Lipinski definition) is 4. The predicted octanol–water partition coefficient (Wildman–Crippen LogP) is 0.0285. The second kappa shape index (κ2) is 3.40. The summed E-state index contributed by atoms with van der Waals surface area (Å²) in [6.07, 6.45) is 6.06.